The number of amides is 1. The molecular formula is C20H23N3O2. The lowest BCUT2D eigenvalue weighted by molar-refractivity contribution is 0.0953. The number of nitrogens with one attached hydrogen (secondary N) is 2. The molecule has 1 aromatic carbocycles. The maximum Gasteiger partial charge on any atom is 0.261 e. The molecule has 2 heterocycles. The molecule has 0 unspecified atom stereocenters. The van der Waals surface area contributed by atoms with E-state index in [9.17, 15) is 9.59 Å². The summed E-state index contributed by atoms with van der Waals surface area (Å²) in [6, 6.07) is 10.2. The number of fused-ring (bicyclic) bond motifs is 2. The number of para-hydroxylation sites is 1. The quantitative estimate of drug-likeness (QED) is 0.897. The van der Waals surface area contributed by atoms with Gasteiger partial charge in [-0.2, -0.15) is 0 Å². The van der Waals surface area contributed by atoms with Crippen LogP contribution in [0.4, 0.5) is 5.69 Å². The number of nitrogens with zero attached hydrogens (tertiary/aromatic N) is 1. The van der Waals surface area contributed by atoms with Crippen molar-refractivity contribution in [3.63, 3.8) is 0 Å². The van der Waals surface area contributed by atoms with Crippen LogP contribution < -0.4 is 15.8 Å². The predicted molar refractivity (Wildman–Crippen MR) is 98.4 cm³/mol. The van der Waals surface area contributed by atoms with Crippen molar-refractivity contribution in [2.45, 2.75) is 32.1 Å². The van der Waals surface area contributed by atoms with Crippen LogP contribution in [0, 0.1) is 0 Å². The van der Waals surface area contributed by atoms with Crippen LogP contribution in [0.15, 0.2) is 35.1 Å². The number of aromatic nitrogens is 1. The van der Waals surface area contributed by atoms with Gasteiger partial charge in [0.1, 0.15) is 5.56 Å². The first kappa shape index (κ1) is 15.9. The lowest BCUT2D eigenvalue weighted by Gasteiger charge is -2.20. The van der Waals surface area contributed by atoms with Gasteiger partial charge in [-0.15, -0.1) is 0 Å². The Hall–Kier alpha value is -2.56. The molecule has 5 nitrogen and oxygen atoms in total. The Kier molecular flexibility index (Phi) is 4.30. The summed E-state index contributed by atoms with van der Waals surface area (Å²) in [5.41, 5.74) is 4.70. The van der Waals surface area contributed by atoms with E-state index >= 15 is 0 Å². The number of hydrogen-bond donors (Lipinski definition) is 2. The van der Waals surface area contributed by atoms with E-state index in [1.165, 1.54) is 11.3 Å². The van der Waals surface area contributed by atoms with E-state index in [0.29, 0.717) is 6.54 Å². The van der Waals surface area contributed by atoms with Crippen molar-refractivity contribution in [1.29, 1.82) is 0 Å². The molecule has 1 aliphatic carbocycles. The number of benzene rings is 1. The number of H-pyrrole nitrogens is 1. The molecule has 2 N–H and O–H groups in total. The number of hydrogen-bond acceptors (Lipinski definition) is 3. The van der Waals surface area contributed by atoms with Crippen LogP contribution in [0.3, 0.4) is 0 Å². The lowest BCUT2D eigenvalue weighted by atomic mass is 9.95. The molecule has 0 spiro atoms. The van der Waals surface area contributed by atoms with Crippen molar-refractivity contribution in [3.05, 3.63) is 63.1 Å². The first-order chi connectivity index (χ1) is 12.2. The van der Waals surface area contributed by atoms with E-state index in [1.54, 1.807) is 6.07 Å². The highest BCUT2D eigenvalue weighted by molar-refractivity contribution is 5.94. The summed E-state index contributed by atoms with van der Waals surface area (Å²) in [7, 11) is 0. The summed E-state index contributed by atoms with van der Waals surface area (Å²) in [4.78, 5) is 29.8. The van der Waals surface area contributed by atoms with Gasteiger partial charge in [0.2, 0.25) is 0 Å². The normalized spacial score (nSPS) is 15.6. The molecule has 1 aliphatic heterocycles. The highest BCUT2D eigenvalue weighted by atomic mass is 16.2. The maximum atomic E-state index is 12.4. The van der Waals surface area contributed by atoms with Crippen molar-refractivity contribution in [2.75, 3.05) is 24.5 Å². The van der Waals surface area contributed by atoms with Gasteiger partial charge in [-0.25, -0.2) is 0 Å². The molecule has 0 bridgehead atoms. The van der Waals surface area contributed by atoms with Gasteiger partial charge in [0.05, 0.1) is 0 Å². The van der Waals surface area contributed by atoms with E-state index in [2.05, 4.69) is 33.4 Å². The van der Waals surface area contributed by atoms with Crippen molar-refractivity contribution >= 4 is 11.6 Å². The monoisotopic (exact) mass is 337 g/mol. The fourth-order valence-corrected chi connectivity index (χ4v) is 3.88. The van der Waals surface area contributed by atoms with Gasteiger partial charge in [0.25, 0.3) is 11.5 Å². The first-order valence-electron chi connectivity index (χ1n) is 9.08. The second kappa shape index (κ2) is 6.75. The first-order valence-corrected chi connectivity index (χ1v) is 9.08. The molecule has 1 aromatic heterocycles. The van der Waals surface area contributed by atoms with Crippen LogP contribution >= 0.6 is 0 Å². The smallest absolute Gasteiger partial charge is 0.261 e. The molecule has 0 saturated carbocycles. The number of carbonyl (C=O) groups excluding carboxylic acids is 1. The minimum Gasteiger partial charge on any atom is -0.369 e. The summed E-state index contributed by atoms with van der Waals surface area (Å²) < 4.78 is 0. The molecule has 25 heavy (non-hydrogen) atoms. The minimum atomic E-state index is -0.276. The fourth-order valence-electron chi connectivity index (χ4n) is 3.88. The zero-order chi connectivity index (χ0) is 17.2. The third-order valence-corrected chi connectivity index (χ3v) is 5.23. The van der Waals surface area contributed by atoms with Crippen LogP contribution in [-0.2, 0) is 19.3 Å². The van der Waals surface area contributed by atoms with Crippen molar-refractivity contribution in [3.8, 4) is 0 Å². The fraction of sp³-hybridized carbons (Fsp3) is 0.400. The predicted octanol–water partition coefficient (Wildman–Crippen LogP) is 2.05. The largest absolute Gasteiger partial charge is 0.369 e. The molecule has 130 valence electrons. The minimum absolute atomic E-state index is 0.238. The molecule has 0 radical (unpaired) electrons. The van der Waals surface area contributed by atoms with Gasteiger partial charge in [-0.1, -0.05) is 18.2 Å². The average molecular weight is 337 g/mol. The summed E-state index contributed by atoms with van der Waals surface area (Å²) in [6.07, 6.45) is 5.12. The molecule has 2 aromatic rings. The molecule has 0 atom stereocenters. The number of rotatable bonds is 4. The van der Waals surface area contributed by atoms with Crippen LogP contribution in [0.1, 0.15) is 40.0 Å². The van der Waals surface area contributed by atoms with Crippen LogP contribution in [-0.4, -0.2) is 30.5 Å². The Labute approximate surface area is 147 Å². The number of pyridine rings is 1. The van der Waals surface area contributed by atoms with Gasteiger partial charge in [0, 0.05) is 31.0 Å². The standard InChI is InChI=1S/C20H23N3O2/c24-19(16-13-15-6-1-3-7-17(15)22-20(16)25)21-10-12-23-11-9-14-5-2-4-8-18(14)23/h2,4-5,8,13H,1,3,6-7,9-12H2,(H,21,24)(H,22,25). The third-order valence-electron chi connectivity index (χ3n) is 5.23. The second-order valence-electron chi connectivity index (χ2n) is 6.84. The Morgan fingerprint density at radius 1 is 1.12 bits per heavy atom. The van der Waals surface area contributed by atoms with Crippen molar-refractivity contribution in [1.82, 2.24) is 10.3 Å². The van der Waals surface area contributed by atoms with Gasteiger partial charge in [0.15, 0.2) is 0 Å². The Balaban J connectivity index is 1.39. The molecule has 2 aliphatic rings. The van der Waals surface area contributed by atoms with E-state index < -0.39 is 0 Å². The Morgan fingerprint density at radius 2 is 1.96 bits per heavy atom. The summed E-state index contributed by atoms with van der Waals surface area (Å²) in [6.45, 7) is 2.27. The van der Waals surface area contributed by atoms with E-state index in [4.69, 9.17) is 0 Å². The number of anilines is 1. The number of aromatic amines is 1. The highest BCUT2D eigenvalue weighted by Gasteiger charge is 2.19. The second-order valence-corrected chi connectivity index (χ2v) is 6.84. The molecule has 4 rings (SSSR count). The van der Waals surface area contributed by atoms with Gasteiger partial charge < -0.3 is 15.2 Å². The SMILES string of the molecule is O=C(NCCN1CCc2ccccc21)c1cc2c([nH]c1=O)CCCC2. The average Bonchev–Trinajstić information content (AvgIpc) is 3.04. The highest BCUT2D eigenvalue weighted by Crippen LogP contribution is 2.26. The van der Waals surface area contributed by atoms with Crippen LogP contribution in [0.5, 0.6) is 0 Å². The van der Waals surface area contributed by atoms with E-state index in [-0.39, 0.29) is 17.0 Å². The maximum absolute atomic E-state index is 12.4. The van der Waals surface area contributed by atoms with Gasteiger partial charge in [-0.3, -0.25) is 9.59 Å². The Morgan fingerprint density at radius 3 is 2.88 bits per heavy atom. The summed E-state index contributed by atoms with van der Waals surface area (Å²) in [5.74, 6) is -0.276. The molecule has 0 fully saturated rings. The molecular weight excluding hydrogens is 314 g/mol. The van der Waals surface area contributed by atoms with Gasteiger partial charge in [-0.05, 0) is 55.4 Å². The van der Waals surface area contributed by atoms with Gasteiger partial charge >= 0.3 is 0 Å². The Bertz CT molecular complexity index is 856. The topological polar surface area (TPSA) is 65.2 Å². The molecule has 5 heteroatoms. The van der Waals surface area contributed by atoms with E-state index in [1.807, 2.05) is 6.07 Å². The zero-order valence-electron chi connectivity index (χ0n) is 14.3. The van der Waals surface area contributed by atoms with Crippen molar-refractivity contribution in [2.24, 2.45) is 0 Å². The molecule has 1 amide bonds. The zero-order valence-corrected chi connectivity index (χ0v) is 14.3. The van der Waals surface area contributed by atoms with Crippen LogP contribution in [0.25, 0.3) is 0 Å². The summed E-state index contributed by atoms with van der Waals surface area (Å²) in [5, 5.41) is 2.90. The third kappa shape index (κ3) is 3.18. The summed E-state index contributed by atoms with van der Waals surface area (Å²) >= 11 is 0. The van der Waals surface area contributed by atoms with E-state index in [0.717, 1.165) is 56.5 Å². The number of carbonyl (C=O) groups is 1. The van der Waals surface area contributed by atoms with Crippen LogP contribution in [0.2, 0.25) is 0 Å². The number of aryl methyl sites for hydroxylation is 2. The lowest BCUT2D eigenvalue weighted by Crippen LogP contribution is -2.36. The molecule has 0 saturated heterocycles. The van der Waals surface area contributed by atoms with Crippen molar-refractivity contribution < 1.29 is 4.79 Å².